The minimum atomic E-state index is -3.58. The molecule has 1 saturated carbocycles. The van der Waals surface area contributed by atoms with Crippen molar-refractivity contribution in [2.24, 2.45) is 5.92 Å². The SMILES string of the molecule is CN1CCN(S(=O)(=O)N[C@H]2CCN(c3cccnn3)C[C@H]2CO[C@H]2CC[C@@H](c3cccc(F)c3)CC2)CC1. The fourth-order valence-electron chi connectivity index (χ4n) is 5.90. The molecule has 1 aromatic heterocycles. The lowest BCUT2D eigenvalue weighted by molar-refractivity contribution is -0.00229. The first kappa shape index (κ1) is 27.4. The van der Waals surface area contributed by atoms with Gasteiger partial charge in [-0.05, 0) is 74.9 Å². The molecule has 3 aliphatic rings. The van der Waals surface area contributed by atoms with Gasteiger partial charge in [0.1, 0.15) is 5.82 Å². The van der Waals surface area contributed by atoms with E-state index >= 15 is 0 Å². The number of nitrogens with one attached hydrogen (secondary N) is 1. The van der Waals surface area contributed by atoms with Gasteiger partial charge in [-0.3, -0.25) is 0 Å². The maximum atomic E-state index is 13.7. The van der Waals surface area contributed by atoms with Crippen molar-refractivity contribution in [1.82, 2.24) is 24.1 Å². The van der Waals surface area contributed by atoms with Crippen LogP contribution >= 0.6 is 0 Å². The van der Waals surface area contributed by atoms with Crippen LogP contribution in [0.3, 0.4) is 0 Å². The Morgan fingerprint density at radius 1 is 1.03 bits per heavy atom. The Morgan fingerprint density at radius 3 is 2.53 bits per heavy atom. The van der Waals surface area contributed by atoms with Crippen molar-refractivity contribution in [3.05, 3.63) is 54.0 Å². The van der Waals surface area contributed by atoms with Crippen molar-refractivity contribution in [1.29, 1.82) is 0 Å². The minimum absolute atomic E-state index is 0.0195. The molecule has 1 aromatic carbocycles. The fraction of sp³-hybridized carbons (Fsp3) is 0.630. The van der Waals surface area contributed by atoms with Crippen LogP contribution < -0.4 is 9.62 Å². The van der Waals surface area contributed by atoms with Crippen LogP contribution in [0, 0.1) is 11.7 Å². The Hall–Kier alpha value is -2.18. The zero-order valence-electron chi connectivity index (χ0n) is 22.1. The van der Waals surface area contributed by atoms with Crippen LogP contribution in [0.25, 0.3) is 0 Å². The highest BCUT2D eigenvalue weighted by atomic mass is 32.2. The van der Waals surface area contributed by atoms with Crippen LogP contribution in [0.15, 0.2) is 42.6 Å². The van der Waals surface area contributed by atoms with Gasteiger partial charge >= 0.3 is 0 Å². The number of nitrogens with zero attached hydrogens (tertiary/aromatic N) is 5. The summed E-state index contributed by atoms with van der Waals surface area (Å²) in [5.74, 6) is 0.953. The zero-order chi connectivity index (χ0) is 26.5. The number of piperidine rings is 1. The monoisotopic (exact) mass is 546 g/mol. The third kappa shape index (κ3) is 6.87. The summed E-state index contributed by atoms with van der Waals surface area (Å²) in [7, 11) is -1.57. The van der Waals surface area contributed by atoms with Crippen molar-refractivity contribution in [3.63, 3.8) is 0 Å². The maximum absolute atomic E-state index is 13.7. The number of anilines is 1. The predicted molar refractivity (Wildman–Crippen MR) is 145 cm³/mol. The Kier molecular flexibility index (Phi) is 8.89. The van der Waals surface area contributed by atoms with Gasteiger partial charge in [0, 0.05) is 57.4 Å². The molecule has 2 saturated heterocycles. The molecule has 38 heavy (non-hydrogen) atoms. The number of benzene rings is 1. The Bertz CT molecular complexity index is 1140. The van der Waals surface area contributed by atoms with Crippen LogP contribution in [-0.4, -0.2) is 92.9 Å². The quantitative estimate of drug-likeness (QED) is 0.544. The molecule has 11 heteroatoms. The maximum Gasteiger partial charge on any atom is 0.279 e. The highest BCUT2D eigenvalue weighted by molar-refractivity contribution is 7.87. The van der Waals surface area contributed by atoms with Crippen molar-refractivity contribution < 1.29 is 17.5 Å². The summed E-state index contributed by atoms with van der Waals surface area (Å²) in [6, 6.07) is 10.5. The number of hydrogen-bond acceptors (Lipinski definition) is 7. The summed E-state index contributed by atoms with van der Waals surface area (Å²) in [4.78, 5) is 4.31. The molecule has 2 aliphatic heterocycles. The third-order valence-electron chi connectivity index (χ3n) is 8.26. The number of rotatable bonds is 8. The molecule has 9 nitrogen and oxygen atoms in total. The lowest BCUT2D eigenvalue weighted by atomic mass is 9.82. The summed E-state index contributed by atoms with van der Waals surface area (Å²) in [5, 5.41) is 8.29. The van der Waals surface area contributed by atoms with Gasteiger partial charge in [-0.25, -0.2) is 4.39 Å². The van der Waals surface area contributed by atoms with Gasteiger partial charge in [-0.15, -0.1) is 5.10 Å². The molecule has 0 spiro atoms. The van der Waals surface area contributed by atoms with E-state index in [-0.39, 0.29) is 23.9 Å². The van der Waals surface area contributed by atoms with Crippen molar-refractivity contribution in [3.8, 4) is 0 Å². The number of hydrogen-bond donors (Lipinski definition) is 1. The smallest absolute Gasteiger partial charge is 0.279 e. The van der Waals surface area contributed by atoms with E-state index in [1.54, 1.807) is 22.6 Å². The molecule has 2 aromatic rings. The van der Waals surface area contributed by atoms with Crippen LogP contribution in [-0.2, 0) is 14.9 Å². The summed E-state index contributed by atoms with van der Waals surface area (Å²) in [6.45, 7) is 4.28. The van der Waals surface area contributed by atoms with Gasteiger partial charge in [-0.2, -0.15) is 22.5 Å². The van der Waals surface area contributed by atoms with Gasteiger partial charge in [0.2, 0.25) is 0 Å². The third-order valence-corrected chi connectivity index (χ3v) is 9.90. The van der Waals surface area contributed by atoms with Crippen LogP contribution in [0.5, 0.6) is 0 Å². The summed E-state index contributed by atoms with van der Waals surface area (Å²) in [6.07, 6.45) is 6.21. The molecule has 0 radical (unpaired) electrons. The molecule has 0 amide bonds. The van der Waals surface area contributed by atoms with E-state index in [2.05, 4.69) is 24.7 Å². The molecule has 1 N–H and O–H groups in total. The summed E-state index contributed by atoms with van der Waals surface area (Å²) >= 11 is 0. The first-order chi connectivity index (χ1) is 18.4. The second-order valence-corrected chi connectivity index (χ2v) is 12.6. The predicted octanol–water partition coefficient (Wildman–Crippen LogP) is 2.64. The first-order valence-corrected chi connectivity index (χ1v) is 15.2. The standard InChI is InChI=1S/C27H39FN6O3S/c1-32-14-16-34(17-15-32)38(35,36)31-26-11-13-33(27-6-3-12-29-30-27)19-23(26)20-37-25-9-7-21(8-10-25)22-4-2-5-24(28)18-22/h2-6,12,18,21,23,25-26,31H,7-11,13-17,19-20H2,1H3/t21-,23-,25+,26-/m0/s1. The van der Waals surface area contributed by atoms with E-state index in [0.29, 0.717) is 45.1 Å². The van der Waals surface area contributed by atoms with Crippen LogP contribution in [0.2, 0.25) is 0 Å². The van der Waals surface area contributed by atoms with E-state index in [1.807, 2.05) is 25.2 Å². The number of ether oxygens (including phenoxy) is 1. The van der Waals surface area contributed by atoms with Gasteiger partial charge in [0.15, 0.2) is 5.82 Å². The number of likely N-dealkylation sites (N-methyl/N-ethyl adjacent to an activating group) is 1. The number of piperazine rings is 1. The van der Waals surface area contributed by atoms with E-state index in [1.165, 1.54) is 6.07 Å². The average Bonchev–Trinajstić information content (AvgIpc) is 2.93. The highest BCUT2D eigenvalue weighted by Crippen LogP contribution is 2.35. The molecule has 3 heterocycles. The highest BCUT2D eigenvalue weighted by Gasteiger charge is 2.36. The van der Waals surface area contributed by atoms with Crippen LogP contribution in [0.4, 0.5) is 10.2 Å². The molecule has 0 bridgehead atoms. The van der Waals surface area contributed by atoms with Crippen molar-refractivity contribution in [2.75, 3.05) is 57.8 Å². The normalized spacial score (nSPS) is 27.9. The van der Waals surface area contributed by atoms with E-state index < -0.39 is 10.2 Å². The lowest BCUT2D eigenvalue weighted by Gasteiger charge is -2.41. The largest absolute Gasteiger partial charge is 0.378 e. The molecule has 5 rings (SSSR count). The Labute approximate surface area is 225 Å². The molecule has 0 unspecified atom stereocenters. The molecule has 1 aliphatic carbocycles. The van der Waals surface area contributed by atoms with Crippen molar-refractivity contribution in [2.45, 2.75) is 50.2 Å². The fourth-order valence-corrected chi connectivity index (χ4v) is 7.39. The zero-order valence-corrected chi connectivity index (χ0v) is 22.9. The summed E-state index contributed by atoms with van der Waals surface area (Å²) in [5.41, 5.74) is 1.06. The summed E-state index contributed by atoms with van der Waals surface area (Å²) < 4.78 is 51.2. The van der Waals surface area contributed by atoms with Gasteiger partial charge in [-0.1, -0.05) is 12.1 Å². The lowest BCUT2D eigenvalue weighted by Crippen LogP contribution is -2.57. The van der Waals surface area contributed by atoms with Gasteiger partial charge in [0.05, 0.1) is 12.7 Å². The topological polar surface area (TPSA) is 90.9 Å². The first-order valence-electron chi connectivity index (χ1n) is 13.7. The van der Waals surface area contributed by atoms with E-state index in [4.69, 9.17) is 4.74 Å². The van der Waals surface area contributed by atoms with Crippen LogP contribution in [0.1, 0.15) is 43.6 Å². The Morgan fingerprint density at radius 2 is 1.82 bits per heavy atom. The average molecular weight is 547 g/mol. The van der Waals surface area contributed by atoms with Gasteiger partial charge < -0.3 is 14.5 Å². The number of halogens is 1. The molecule has 3 fully saturated rings. The molecular weight excluding hydrogens is 507 g/mol. The van der Waals surface area contributed by atoms with E-state index in [0.717, 1.165) is 50.2 Å². The number of aromatic nitrogens is 2. The molecule has 208 valence electrons. The minimum Gasteiger partial charge on any atom is -0.378 e. The van der Waals surface area contributed by atoms with E-state index in [9.17, 15) is 12.8 Å². The molecule has 2 atom stereocenters. The Balaban J connectivity index is 1.21. The second-order valence-electron chi connectivity index (χ2n) is 10.9. The van der Waals surface area contributed by atoms with Gasteiger partial charge in [0.25, 0.3) is 10.2 Å². The second kappa shape index (κ2) is 12.3. The van der Waals surface area contributed by atoms with Crippen molar-refractivity contribution >= 4 is 16.0 Å². The molecular formula is C27H39FN6O3S.